The third kappa shape index (κ3) is 6.48. The Balaban J connectivity index is 1.35. The van der Waals surface area contributed by atoms with Crippen molar-refractivity contribution in [1.29, 1.82) is 0 Å². The molecule has 5 rings (SSSR count). The van der Waals surface area contributed by atoms with E-state index >= 15 is 0 Å². The molecule has 0 radical (unpaired) electrons. The Labute approximate surface area is 221 Å². The topological polar surface area (TPSA) is 104 Å². The number of aromatic amines is 1. The Hall–Kier alpha value is -3.52. The molecule has 2 atom stereocenters. The molecule has 2 aromatic carbocycles. The number of ether oxygens (including phenoxy) is 1. The van der Waals surface area contributed by atoms with Gasteiger partial charge in [0, 0.05) is 42.5 Å². The number of aryl methyl sites for hydroxylation is 1. The highest BCUT2D eigenvalue weighted by Gasteiger charge is 2.36. The lowest BCUT2D eigenvalue weighted by atomic mass is 10.1. The number of rotatable bonds is 8. The Morgan fingerprint density at radius 2 is 1.89 bits per heavy atom. The van der Waals surface area contributed by atoms with Gasteiger partial charge in [-0.15, -0.1) is 0 Å². The van der Waals surface area contributed by atoms with Crippen molar-refractivity contribution in [3.05, 3.63) is 82.9 Å². The minimum absolute atomic E-state index is 0.0706. The maximum absolute atomic E-state index is 13.5. The van der Waals surface area contributed by atoms with Crippen molar-refractivity contribution in [2.45, 2.75) is 42.8 Å². The lowest BCUT2D eigenvalue weighted by Crippen LogP contribution is -2.44. The quantitative estimate of drug-likeness (QED) is 0.339. The number of halogens is 1. The van der Waals surface area contributed by atoms with Gasteiger partial charge < -0.3 is 10.1 Å². The molecular formula is C28H29FN4O4S. The van der Waals surface area contributed by atoms with Gasteiger partial charge in [-0.25, -0.2) is 12.8 Å². The average molecular weight is 537 g/mol. The molecule has 2 saturated heterocycles. The van der Waals surface area contributed by atoms with Gasteiger partial charge in [0.1, 0.15) is 11.7 Å². The molecule has 3 aromatic rings. The van der Waals surface area contributed by atoms with Crippen LogP contribution in [0.3, 0.4) is 0 Å². The zero-order chi connectivity index (χ0) is 26.5. The second-order valence-electron chi connectivity index (χ2n) is 9.67. The smallest absolute Gasteiger partial charge is 0.251 e. The Kier molecular flexibility index (Phi) is 7.88. The predicted molar refractivity (Wildman–Crippen MR) is 140 cm³/mol. The molecule has 1 amide bonds. The van der Waals surface area contributed by atoms with E-state index < -0.39 is 9.84 Å². The van der Waals surface area contributed by atoms with Gasteiger partial charge in [0.15, 0.2) is 9.84 Å². The number of benzene rings is 2. The first-order valence-corrected chi connectivity index (χ1v) is 14.3. The third-order valence-electron chi connectivity index (χ3n) is 6.72. The zero-order valence-electron chi connectivity index (χ0n) is 20.8. The molecule has 8 nitrogen and oxygen atoms in total. The first-order valence-electron chi connectivity index (χ1n) is 12.6. The number of carbonyl (C=O) groups excluding carboxylic acids is 1. The Morgan fingerprint density at radius 3 is 2.61 bits per heavy atom. The van der Waals surface area contributed by atoms with Crippen molar-refractivity contribution >= 4 is 15.7 Å². The summed E-state index contributed by atoms with van der Waals surface area (Å²) in [5.41, 5.74) is 2.14. The molecule has 3 heterocycles. The van der Waals surface area contributed by atoms with E-state index in [2.05, 4.69) is 27.4 Å². The summed E-state index contributed by atoms with van der Waals surface area (Å²) in [6.07, 6.45) is 7.09. The number of hydrogen-bond donors (Lipinski definition) is 2. The molecule has 2 unspecified atom stereocenters. The van der Waals surface area contributed by atoms with Gasteiger partial charge in [-0.2, -0.15) is 5.10 Å². The van der Waals surface area contributed by atoms with Crippen molar-refractivity contribution in [2.75, 3.05) is 25.5 Å². The van der Waals surface area contributed by atoms with E-state index in [1.165, 1.54) is 42.5 Å². The van der Waals surface area contributed by atoms with E-state index in [4.69, 9.17) is 4.74 Å². The molecular weight excluding hydrogens is 507 g/mol. The van der Waals surface area contributed by atoms with Crippen LogP contribution in [0, 0.1) is 17.7 Å². The number of sulfone groups is 1. The van der Waals surface area contributed by atoms with Gasteiger partial charge >= 0.3 is 0 Å². The van der Waals surface area contributed by atoms with E-state index in [0.717, 1.165) is 31.2 Å². The van der Waals surface area contributed by atoms with Crippen molar-refractivity contribution < 1.29 is 22.3 Å². The highest BCUT2D eigenvalue weighted by Crippen LogP contribution is 2.28. The Morgan fingerprint density at radius 1 is 1.13 bits per heavy atom. The van der Waals surface area contributed by atoms with Crippen LogP contribution in [-0.2, 0) is 21.0 Å². The van der Waals surface area contributed by atoms with Crippen molar-refractivity contribution in [3.8, 4) is 11.8 Å². The number of morpholine rings is 1. The molecule has 198 valence electrons. The summed E-state index contributed by atoms with van der Waals surface area (Å²) in [5, 5.41) is 9.55. The molecule has 0 saturated carbocycles. The van der Waals surface area contributed by atoms with Crippen LogP contribution in [0.15, 0.2) is 59.8 Å². The van der Waals surface area contributed by atoms with Crippen molar-refractivity contribution in [3.63, 3.8) is 0 Å². The van der Waals surface area contributed by atoms with Gasteiger partial charge in [-0.05, 0) is 73.7 Å². The van der Waals surface area contributed by atoms with Crippen LogP contribution in [0.5, 0.6) is 0 Å². The van der Waals surface area contributed by atoms with Crippen LogP contribution < -0.4 is 5.32 Å². The fourth-order valence-corrected chi connectivity index (χ4v) is 6.39. The van der Waals surface area contributed by atoms with Crippen molar-refractivity contribution in [1.82, 2.24) is 20.4 Å². The molecule has 38 heavy (non-hydrogen) atoms. The highest BCUT2D eigenvalue weighted by molar-refractivity contribution is 7.91. The molecule has 2 N–H and O–H groups in total. The summed E-state index contributed by atoms with van der Waals surface area (Å²) < 4.78 is 46.2. The predicted octanol–water partition coefficient (Wildman–Crippen LogP) is 2.91. The van der Waals surface area contributed by atoms with Gasteiger partial charge in [-0.1, -0.05) is 11.8 Å². The number of nitrogens with one attached hydrogen (secondary N) is 2. The number of nitrogens with zero attached hydrogens (tertiary/aromatic N) is 2. The number of carbonyl (C=O) groups is 1. The van der Waals surface area contributed by atoms with Crippen LogP contribution in [0.2, 0.25) is 0 Å². The molecule has 10 heteroatoms. The molecule has 2 aliphatic heterocycles. The van der Waals surface area contributed by atoms with Gasteiger partial charge in [0.05, 0.1) is 23.3 Å². The van der Waals surface area contributed by atoms with E-state index in [0.29, 0.717) is 30.8 Å². The van der Waals surface area contributed by atoms with Crippen LogP contribution >= 0.6 is 0 Å². The van der Waals surface area contributed by atoms with E-state index in [1.807, 2.05) is 11.1 Å². The van der Waals surface area contributed by atoms with Crippen LogP contribution in [0.4, 0.5) is 4.39 Å². The number of aromatic nitrogens is 2. The monoisotopic (exact) mass is 536 g/mol. The zero-order valence-corrected chi connectivity index (χ0v) is 21.6. The van der Waals surface area contributed by atoms with Gasteiger partial charge in [-0.3, -0.25) is 14.8 Å². The summed E-state index contributed by atoms with van der Waals surface area (Å²) in [6.45, 7) is 1.61. The normalized spacial score (nSPS) is 19.1. The van der Waals surface area contributed by atoms with Crippen LogP contribution in [-0.4, -0.2) is 67.1 Å². The molecule has 2 fully saturated rings. The number of amides is 1. The van der Waals surface area contributed by atoms with Gasteiger partial charge in [0.2, 0.25) is 0 Å². The van der Waals surface area contributed by atoms with E-state index in [-0.39, 0.29) is 40.3 Å². The summed E-state index contributed by atoms with van der Waals surface area (Å²) in [4.78, 5) is 14.8. The minimum atomic E-state index is -3.74. The fourth-order valence-electron chi connectivity index (χ4n) is 4.84. The SMILES string of the molecule is O=C(NCCCc1cn[nH]c1)c1ccc(S(=O)(=O)CN2CC3CCC(C2)O3)c(C#Cc2ccc(F)cc2)c1. The second-order valence-corrected chi connectivity index (χ2v) is 11.6. The third-order valence-corrected chi connectivity index (χ3v) is 8.45. The minimum Gasteiger partial charge on any atom is -0.372 e. The Bertz CT molecular complexity index is 1430. The first-order chi connectivity index (χ1) is 18.4. The first kappa shape index (κ1) is 26.1. The molecule has 2 bridgehead atoms. The number of fused-ring (bicyclic) bond motifs is 2. The number of likely N-dealkylation sites (tertiary alicyclic amines) is 1. The van der Waals surface area contributed by atoms with Crippen molar-refractivity contribution in [2.24, 2.45) is 0 Å². The number of H-pyrrole nitrogens is 1. The number of hydrogen-bond acceptors (Lipinski definition) is 6. The lowest BCUT2D eigenvalue weighted by Gasteiger charge is -2.31. The molecule has 0 aliphatic carbocycles. The fraction of sp³-hybridized carbons (Fsp3) is 0.357. The van der Waals surface area contributed by atoms with Gasteiger partial charge in [0.25, 0.3) is 5.91 Å². The van der Waals surface area contributed by atoms with E-state index in [9.17, 15) is 17.6 Å². The summed E-state index contributed by atoms with van der Waals surface area (Å²) in [6, 6.07) is 10.1. The summed E-state index contributed by atoms with van der Waals surface area (Å²) in [7, 11) is -3.74. The molecule has 2 aliphatic rings. The highest BCUT2D eigenvalue weighted by atomic mass is 32.2. The molecule has 0 spiro atoms. The standard InChI is InChI=1S/C28H29FN4O4S/c29-24-8-4-20(5-9-24)3-6-22-14-23(28(34)30-13-1-2-21-15-31-32-16-21)7-12-27(22)38(35,36)19-33-17-25-10-11-26(18-33)37-25/h4-5,7-9,12,14-16,25-26H,1-2,10-11,13,17-19H2,(H,30,34)(H,31,32). The maximum Gasteiger partial charge on any atom is 0.251 e. The second kappa shape index (κ2) is 11.5. The summed E-state index contributed by atoms with van der Waals surface area (Å²) >= 11 is 0. The average Bonchev–Trinajstić information content (AvgIpc) is 3.54. The maximum atomic E-state index is 13.5. The van der Waals surface area contributed by atoms with Crippen LogP contribution in [0.25, 0.3) is 0 Å². The lowest BCUT2D eigenvalue weighted by molar-refractivity contribution is -0.0321. The largest absolute Gasteiger partial charge is 0.372 e. The summed E-state index contributed by atoms with van der Waals surface area (Å²) in [5.74, 6) is 4.99. The van der Waals surface area contributed by atoms with Crippen LogP contribution in [0.1, 0.15) is 46.3 Å². The van der Waals surface area contributed by atoms with E-state index in [1.54, 1.807) is 6.20 Å². The molecule has 1 aromatic heterocycles.